The molecular weight excluding hydrogens is 468 g/mol. The van der Waals surface area contributed by atoms with E-state index in [1.807, 2.05) is 0 Å². The van der Waals surface area contributed by atoms with Crippen molar-refractivity contribution in [2.24, 2.45) is 0 Å². The van der Waals surface area contributed by atoms with E-state index in [9.17, 15) is 9.59 Å². The summed E-state index contributed by atoms with van der Waals surface area (Å²) < 4.78 is 37.5. The lowest BCUT2D eigenvalue weighted by molar-refractivity contribution is -0.237. The molecule has 1 aliphatic carbocycles. The zero-order valence-electron chi connectivity index (χ0n) is 23.4. The third-order valence-electron chi connectivity index (χ3n) is 7.42. The van der Waals surface area contributed by atoms with Gasteiger partial charge in [0, 0.05) is 27.1 Å². The number of carbonyl (C=O) groups is 2. The molecule has 204 valence electrons. The van der Waals surface area contributed by atoms with E-state index in [0.717, 1.165) is 38.5 Å². The molecule has 0 aromatic rings. The summed E-state index contributed by atoms with van der Waals surface area (Å²) in [5.41, 5.74) is -1.75. The maximum Gasteiger partial charge on any atom is 0.305 e. The van der Waals surface area contributed by atoms with Crippen molar-refractivity contribution in [2.75, 3.05) is 19.8 Å². The van der Waals surface area contributed by atoms with Gasteiger partial charge in [-0.25, -0.2) is 0 Å². The molecular formula is C26H48O8Si. The topological polar surface area (TPSA) is 89.5 Å². The second-order valence-corrected chi connectivity index (χ2v) is 16.2. The minimum absolute atomic E-state index is 0.0193. The molecule has 4 atom stereocenters. The molecule has 1 saturated heterocycles. The van der Waals surface area contributed by atoms with Crippen molar-refractivity contribution in [3.05, 3.63) is 0 Å². The number of unbranched alkanes of at least 4 members (excludes halogenated alkanes) is 2. The molecule has 8 nitrogen and oxygen atoms in total. The standard InChI is InChI=1S/C26H48O8Si/c1-10-12-16-29-18-26(25(14-15-25)34-35(8,9)24(5,6)7)22(30-17-13-11-2)21(31-19(3)27)23(33-26)32-20(4)28/h21-23H,10-18H2,1-9H3/t21-,22?,23?,26+/m0/s1. The highest BCUT2D eigenvalue weighted by molar-refractivity contribution is 6.74. The highest BCUT2D eigenvalue weighted by atomic mass is 28.4. The lowest BCUT2D eigenvalue weighted by Crippen LogP contribution is -2.63. The Hall–Kier alpha value is -1.00. The normalized spacial score (nSPS) is 28.1. The van der Waals surface area contributed by atoms with Crippen LogP contribution in [-0.4, -0.2) is 69.8 Å². The quantitative estimate of drug-likeness (QED) is 0.178. The Kier molecular flexibility index (Phi) is 10.4. The van der Waals surface area contributed by atoms with Gasteiger partial charge in [0.15, 0.2) is 20.0 Å². The van der Waals surface area contributed by atoms with Crippen LogP contribution in [0.25, 0.3) is 0 Å². The number of ether oxygens (including phenoxy) is 5. The van der Waals surface area contributed by atoms with Crippen LogP contribution in [0, 0.1) is 0 Å². The SMILES string of the molecule is CCCCOC[C@@]1(C2(O[Si](C)(C)C(C)(C)C)CC2)OC(OC(C)=O)[C@@H](OC(C)=O)C1OCCCC. The van der Waals surface area contributed by atoms with Gasteiger partial charge >= 0.3 is 11.9 Å². The number of hydrogen-bond donors (Lipinski definition) is 0. The molecule has 0 spiro atoms. The first-order valence-electron chi connectivity index (χ1n) is 13.2. The maximum atomic E-state index is 12.1. The molecule has 1 aliphatic heterocycles. The van der Waals surface area contributed by atoms with Crippen molar-refractivity contribution in [1.29, 1.82) is 0 Å². The largest absolute Gasteiger partial charge is 0.453 e. The van der Waals surface area contributed by atoms with E-state index >= 15 is 0 Å². The monoisotopic (exact) mass is 516 g/mol. The highest BCUT2D eigenvalue weighted by Gasteiger charge is 2.74. The van der Waals surface area contributed by atoms with Gasteiger partial charge in [0.1, 0.15) is 6.10 Å². The third kappa shape index (κ3) is 7.06. The Balaban J connectivity index is 2.56. The van der Waals surface area contributed by atoms with Gasteiger partial charge in [0.05, 0.1) is 12.2 Å². The molecule has 2 unspecified atom stereocenters. The Morgan fingerprint density at radius 2 is 1.54 bits per heavy atom. The van der Waals surface area contributed by atoms with Gasteiger partial charge in [0.2, 0.25) is 6.29 Å². The van der Waals surface area contributed by atoms with Crippen molar-refractivity contribution < 1.29 is 37.7 Å². The molecule has 0 bridgehead atoms. The van der Waals surface area contributed by atoms with Gasteiger partial charge in [-0.05, 0) is 43.8 Å². The zero-order chi connectivity index (χ0) is 26.5. The van der Waals surface area contributed by atoms with E-state index in [4.69, 9.17) is 28.1 Å². The second kappa shape index (κ2) is 12.0. The van der Waals surface area contributed by atoms with Gasteiger partial charge in [-0.2, -0.15) is 0 Å². The first-order valence-corrected chi connectivity index (χ1v) is 16.1. The fourth-order valence-electron chi connectivity index (χ4n) is 4.35. The van der Waals surface area contributed by atoms with Crippen LogP contribution in [0.1, 0.15) is 87.0 Å². The van der Waals surface area contributed by atoms with Crippen LogP contribution in [0.15, 0.2) is 0 Å². The molecule has 0 N–H and O–H groups in total. The average Bonchev–Trinajstić information content (AvgIpc) is 3.44. The van der Waals surface area contributed by atoms with E-state index < -0.39 is 50.0 Å². The summed E-state index contributed by atoms with van der Waals surface area (Å²) >= 11 is 0. The summed E-state index contributed by atoms with van der Waals surface area (Å²) in [5, 5.41) is -0.0193. The lowest BCUT2D eigenvalue weighted by atomic mass is 9.87. The first-order chi connectivity index (χ1) is 16.2. The molecule has 35 heavy (non-hydrogen) atoms. The summed E-state index contributed by atoms with van der Waals surface area (Å²) in [7, 11) is -2.23. The van der Waals surface area contributed by atoms with Gasteiger partial charge in [-0.1, -0.05) is 47.5 Å². The predicted octanol–water partition coefficient (Wildman–Crippen LogP) is 5.13. The molecule has 2 aliphatic rings. The van der Waals surface area contributed by atoms with Crippen molar-refractivity contribution in [1.82, 2.24) is 0 Å². The van der Waals surface area contributed by atoms with Gasteiger partial charge < -0.3 is 28.1 Å². The Morgan fingerprint density at radius 1 is 0.971 bits per heavy atom. The molecule has 1 saturated carbocycles. The van der Waals surface area contributed by atoms with E-state index in [2.05, 4.69) is 47.7 Å². The summed E-state index contributed by atoms with van der Waals surface area (Å²) in [6, 6.07) is 0. The summed E-state index contributed by atoms with van der Waals surface area (Å²) in [4.78, 5) is 24.1. The van der Waals surface area contributed by atoms with Crippen molar-refractivity contribution in [2.45, 2.75) is 135 Å². The Bertz CT molecular complexity index is 715. The minimum Gasteiger partial charge on any atom is -0.453 e. The van der Waals surface area contributed by atoms with Crippen LogP contribution >= 0.6 is 0 Å². The molecule has 0 amide bonds. The molecule has 0 aromatic heterocycles. The fraction of sp³-hybridized carbons (Fsp3) is 0.923. The number of rotatable bonds is 14. The van der Waals surface area contributed by atoms with Crippen LogP contribution in [-0.2, 0) is 37.7 Å². The van der Waals surface area contributed by atoms with Crippen molar-refractivity contribution >= 4 is 20.3 Å². The summed E-state index contributed by atoms with van der Waals surface area (Å²) in [6.45, 7) is 19.1. The Morgan fingerprint density at radius 3 is 2.03 bits per heavy atom. The number of carbonyl (C=O) groups excluding carboxylic acids is 2. The molecule has 0 radical (unpaired) electrons. The number of esters is 2. The third-order valence-corrected chi connectivity index (χ3v) is 11.9. The van der Waals surface area contributed by atoms with Crippen LogP contribution in [0.4, 0.5) is 0 Å². The molecule has 9 heteroatoms. The molecule has 1 heterocycles. The summed E-state index contributed by atoms with van der Waals surface area (Å²) in [5.74, 6) is -1.00. The smallest absolute Gasteiger partial charge is 0.305 e. The lowest BCUT2D eigenvalue weighted by Gasteiger charge is -2.47. The van der Waals surface area contributed by atoms with E-state index in [1.54, 1.807) is 0 Å². The second-order valence-electron chi connectivity index (χ2n) is 11.5. The summed E-state index contributed by atoms with van der Waals surface area (Å²) in [6.07, 6.45) is 2.53. The minimum atomic E-state index is -2.23. The highest BCUT2D eigenvalue weighted by Crippen LogP contribution is 2.59. The molecule has 2 fully saturated rings. The van der Waals surface area contributed by atoms with Gasteiger partial charge in [0.25, 0.3) is 0 Å². The fourth-order valence-corrected chi connectivity index (χ4v) is 6.01. The number of hydrogen-bond acceptors (Lipinski definition) is 8. The van der Waals surface area contributed by atoms with Crippen LogP contribution < -0.4 is 0 Å². The van der Waals surface area contributed by atoms with Crippen molar-refractivity contribution in [3.8, 4) is 0 Å². The van der Waals surface area contributed by atoms with E-state index in [0.29, 0.717) is 13.2 Å². The molecule has 2 rings (SSSR count). The molecule has 0 aromatic carbocycles. The van der Waals surface area contributed by atoms with Crippen LogP contribution in [0.2, 0.25) is 18.1 Å². The van der Waals surface area contributed by atoms with E-state index in [1.165, 1.54) is 13.8 Å². The first kappa shape index (κ1) is 30.2. The van der Waals surface area contributed by atoms with Gasteiger partial charge in [-0.3, -0.25) is 9.59 Å². The Labute approximate surface area is 212 Å². The van der Waals surface area contributed by atoms with Crippen LogP contribution in [0.3, 0.4) is 0 Å². The van der Waals surface area contributed by atoms with Gasteiger partial charge in [-0.15, -0.1) is 0 Å². The maximum absolute atomic E-state index is 12.1. The van der Waals surface area contributed by atoms with Crippen molar-refractivity contribution in [3.63, 3.8) is 0 Å². The van der Waals surface area contributed by atoms with E-state index in [-0.39, 0.29) is 11.6 Å². The average molecular weight is 517 g/mol. The predicted molar refractivity (Wildman–Crippen MR) is 136 cm³/mol. The zero-order valence-corrected chi connectivity index (χ0v) is 24.4. The van der Waals surface area contributed by atoms with Crippen LogP contribution in [0.5, 0.6) is 0 Å².